The lowest BCUT2D eigenvalue weighted by Crippen LogP contribution is -2.43. The van der Waals surface area contributed by atoms with Gasteiger partial charge in [0.25, 0.3) is 0 Å². The number of benzene rings is 3. The Labute approximate surface area is 251 Å². The maximum atomic E-state index is 14.0. The van der Waals surface area contributed by atoms with Crippen molar-refractivity contribution in [2.45, 2.75) is 81.8 Å². The summed E-state index contributed by atoms with van der Waals surface area (Å²) in [6, 6.07) is 21.4. The van der Waals surface area contributed by atoms with Crippen LogP contribution in [-0.2, 0) is 22.3 Å². The second-order valence-corrected chi connectivity index (χ2v) is 13.9. The molecular formula is C34H44ClNO4S. The number of anilines is 1. The highest BCUT2D eigenvalue weighted by molar-refractivity contribution is 7.91. The maximum absolute atomic E-state index is 14.0. The minimum absolute atomic E-state index is 0.0321. The minimum atomic E-state index is -3.63. The average Bonchev–Trinajstić information content (AvgIpc) is 3.04. The fourth-order valence-electron chi connectivity index (χ4n) is 6.05. The van der Waals surface area contributed by atoms with Gasteiger partial charge in [-0.3, -0.25) is 0 Å². The Kier molecular flexibility index (Phi) is 10.4. The fraction of sp³-hybridized carbons (Fsp3) is 0.471. The lowest BCUT2D eigenvalue weighted by atomic mass is 9.68. The molecule has 222 valence electrons. The number of ether oxygens (including phenoxy) is 1. The number of rotatable bonds is 12. The fourth-order valence-corrected chi connectivity index (χ4v) is 8.42. The van der Waals surface area contributed by atoms with Crippen LogP contribution in [0.3, 0.4) is 0 Å². The minimum Gasteiger partial charge on any atom is -0.489 e. The summed E-state index contributed by atoms with van der Waals surface area (Å²) < 4.78 is 34.1. The number of aliphatic hydroxyl groups excluding tert-OH is 1. The molecule has 1 N–H and O–H groups in total. The van der Waals surface area contributed by atoms with Crippen LogP contribution in [-0.4, -0.2) is 39.5 Å². The summed E-state index contributed by atoms with van der Waals surface area (Å²) in [4.78, 5) is 2.31. The number of fused-ring (bicyclic) bond motifs is 1. The molecule has 0 radical (unpaired) electrons. The molecule has 0 fully saturated rings. The van der Waals surface area contributed by atoms with Gasteiger partial charge in [0.2, 0.25) is 0 Å². The molecule has 0 unspecified atom stereocenters. The molecule has 1 aliphatic heterocycles. The Morgan fingerprint density at radius 3 is 2.10 bits per heavy atom. The third-order valence-electron chi connectivity index (χ3n) is 8.48. The van der Waals surface area contributed by atoms with Crippen molar-refractivity contribution in [3.63, 3.8) is 0 Å². The largest absolute Gasteiger partial charge is 0.489 e. The summed E-state index contributed by atoms with van der Waals surface area (Å²) in [5.74, 6) is 0.689. The highest BCUT2D eigenvalue weighted by atomic mass is 35.5. The highest BCUT2D eigenvalue weighted by Crippen LogP contribution is 2.50. The molecule has 5 nitrogen and oxygen atoms in total. The summed E-state index contributed by atoms with van der Waals surface area (Å²) in [7, 11) is 0.263. The zero-order valence-electron chi connectivity index (χ0n) is 24.8. The number of alkyl halides is 1. The highest BCUT2D eigenvalue weighted by Gasteiger charge is 2.49. The lowest BCUT2D eigenvalue weighted by Gasteiger charge is -2.40. The van der Waals surface area contributed by atoms with Crippen LogP contribution in [0, 0.1) is 5.41 Å². The van der Waals surface area contributed by atoms with E-state index in [9.17, 15) is 13.5 Å². The number of aliphatic hydroxyl groups is 1. The summed E-state index contributed by atoms with van der Waals surface area (Å²) in [6.07, 6.45) is 4.16. The molecule has 0 bridgehead atoms. The molecule has 0 saturated carbocycles. The van der Waals surface area contributed by atoms with Crippen LogP contribution in [0.2, 0.25) is 0 Å². The van der Waals surface area contributed by atoms with Crippen LogP contribution in [0.15, 0.2) is 71.6 Å². The molecule has 4 rings (SSSR count). The van der Waals surface area contributed by atoms with Crippen LogP contribution >= 0.6 is 11.6 Å². The van der Waals surface area contributed by atoms with Gasteiger partial charge in [-0.15, -0.1) is 11.6 Å². The summed E-state index contributed by atoms with van der Waals surface area (Å²) in [5, 5.41) is 12.3. The third-order valence-corrected chi connectivity index (χ3v) is 10.8. The van der Waals surface area contributed by atoms with Gasteiger partial charge in [0.05, 0.1) is 16.8 Å². The normalized spacial score (nSPS) is 19.3. The molecule has 1 aliphatic rings. The smallest absolute Gasteiger partial charge is 0.179 e. The molecule has 2 atom stereocenters. The Bertz CT molecular complexity index is 1380. The van der Waals surface area contributed by atoms with Gasteiger partial charge in [0, 0.05) is 37.0 Å². The van der Waals surface area contributed by atoms with Gasteiger partial charge in [0.15, 0.2) is 9.84 Å². The van der Waals surface area contributed by atoms with Crippen molar-refractivity contribution in [1.82, 2.24) is 0 Å². The number of sulfone groups is 1. The quantitative estimate of drug-likeness (QED) is 0.217. The molecule has 1 heterocycles. The molecule has 0 spiro atoms. The van der Waals surface area contributed by atoms with E-state index in [1.54, 1.807) is 6.07 Å². The second kappa shape index (κ2) is 13.6. The number of hydrogen-bond acceptors (Lipinski definition) is 5. The predicted octanol–water partition coefficient (Wildman–Crippen LogP) is 7.72. The van der Waals surface area contributed by atoms with E-state index >= 15 is 0 Å². The van der Waals surface area contributed by atoms with Crippen molar-refractivity contribution in [2.24, 2.45) is 5.41 Å². The molecule has 0 aromatic heterocycles. The molecule has 0 amide bonds. The summed E-state index contributed by atoms with van der Waals surface area (Å²) in [6.45, 7) is 4.66. The predicted molar refractivity (Wildman–Crippen MR) is 169 cm³/mol. The van der Waals surface area contributed by atoms with E-state index < -0.39 is 27.3 Å². The van der Waals surface area contributed by atoms with Crippen molar-refractivity contribution in [1.29, 1.82) is 0 Å². The number of halogens is 1. The molecule has 3 aromatic rings. The van der Waals surface area contributed by atoms with Gasteiger partial charge in [-0.05, 0) is 65.4 Å². The van der Waals surface area contributed by atoms with Gasteiger partial charge in [0.1, 0.15) is 12.4 Å². The van der Waals surface area contributed by atoms with E-state index in [1.807, 2.05) is 79.7 Å². The van der Waals surface area contributed by atoms with Crippen molar-refractivity contribution < 1.29 is 18.3 Å². The first-order valence-corrected chi connectivity index (χ1v) is 16.9. The first kappa shape index (κ1) is 31.4. The average molecular weight is 598 g/mol. The summed E-state index contributed by atoms with van der Waals surface area (Å²) >= 11 is 5.91. The molecule has 41 heavy (non-hydrogen) atoms. The van der Waals surface area contributed by atoms with Crippen LogP contribution in [0.25, 0.3) is 0 Å². The van der Waals surface area contributed by atoms with Gasteiger partial charge in [-0.2, -0.15) is 0 Å². The first-order valence-electron chi connectivity index (χ1n) is 14.7. The van der Waals surface area contributed by atoms with E-state index in [4.69, 9.17) is 16.3 Å². The van der Waals surface area contributed by atoms with Crippen molar-refractivity contribution in [3.8, 4) is 5.75 Å². The van der Waals surface area contributed by atoms with Crippen molar-refractivity contribution in [3.05, 3.63) is 89.0 Å². The standard InChI is InChI=1S/C34H44ClNO4S/c1-5-7-19-34(20-8-6-2)24-41(38,39)31-18-15-28(36(3)4)21-30(31)32(33(34)37)27-13-16-29(17-14-27)40-23-26-11-9-25(22-35)10-12-26/h9-18,21,32-33,37H,5-8,19-20,22-24H2,1-4H3/t32-,33-/m1/s1. The van der Waals surface area contributed by atoms with Gasteiger partial charge < -0.3 is 14.7 Å². The number of unbranched alkanes of at least 4 members (excludes halogenated alkanes) is 2. The molecule has 0 saturated heterocycles. The van der Waals surface area contributed by atoms with Gasteiger partial charge in [-0.1, -0.05) is 75.9 Å². The Balaban J connectivity index is 1.75. The van der Waals surface area contributed by atoms with E-state index in [0.29, 0.717) is 35.8 Å². The van der Waals surface area contributed by atoms with E-state index in [1.165, 1.54) is 0 Å². The van der Waals surface area contributed by atoms with Crippen LogP contribution in [0.4, 0.5) is 5.69 Å². The van der Waals surface area contributed by atoms with Gasteiger partial charge in [-0.25, -0.2) is 8.42 Å². The maximum Gasteiger partial charge on any atom is 0.179 e. The topological polar surface area (TPSA) is 66.8 Å². The van der Waals surface area contributed by atoms with E-state index in [0.717, 1.165) is 53.8 Å². The zero-order chi connectivity index (χ0) is 29.6. The van der Waals surface area contributed by atoms with Crippen molar-refractivity contribution >= 4 is 27.1 Å². The third kappa shape index (κ3) is 7.10. The van der Waals surface area contributed by atoms with Crippen molar-refractivity contribution in [2.75, 3.05) is 24.7 Å². The Morgan fingerprint density at radius 2 is 1.54 bits per heavy atom. The first-order chi connectivity index (χ1) is 19.6. The monoisotopic (exact) mass is 597 g/mol. The van der Waals surface area contributed by atoms with Crippen LogP contribution < -0.4 is 9.64 Å². The Morgan fingerprint density at radius 1 is 0.927 bits per heavy atom. The SMILES string of the molecule is CCCCC1(CCCC)CS(=O)(=O)c2ccc(N(C)C)cc2[C@@H](c2ccc(OCc3ccc(CCl)cc3)cc2)[C@H]1O. The molecular weight excluding hydrogens is 554 g/mol. The molecule has 7 heteroatoms. The molecule has 0 aliphatic carbocycles. The number of hydrogen-bond donors (Lipinski definition) is 1. The summed E-state index contributed by atoms with van der Waals surface area (Å²) in [5.41, 5.74) is 3.86. The van der Waals surface area contributed by atoms with Crippen LogP contribution in [0.1, 0.15) is 80.5 Å². The van der Waals surface area contributed by atoms with Crippen LogP contribution in [0.5, 0.6) is 5.75 Å². The Hall–Kier alpha value is -2.54. The van der Waals surface area contributed by atoms with Gasteiger partial charge >= 0.3 is 0 Å². The molecule has 3 aromatic carbocycles. The van der Waals surface area contributed by atoms with E-state index in [2.05, 4.69) is 13.8 Å². The number of nitrogens with zero attached hydrogens (tertiary/aromatic N) is 1. The second-order valence-electron chi connectivity index (χ2n) is 11.7. The van der Waals surface area contributed by atoms with E-state index in [-0.39, 0.29) is 5.75 Å². The zero-order valence-corrected chi connectivity index (χ0v) is 26.3. The lowest BCUT2D eigenvalue weighted by molar-refractivity contribution is 0.0127.